The maximum atomic E-state index is 9.13. The lowest BCUT2D eigenvalue weighted by Crippen LogP contribution is -2.23. The van der Waals surface area contributed by atoms with Gasteiger partial charge in [-0.1, -0.05) is 0 Å². The molecule has 1 atom stereocenters. The van der Waals surface area contributed by atoms with E-state index in [2.05, 4.69) is 23.7 Å². The van der Waals surface area contributed by atoms with Crippen LogP contribution < -0.4 is 5.32 Å². The molecule has 0 aliphatic heterocycles. The largest absolute Gasteiger partial charge is 0.394 e. The van der Waals surface area contributed by atoms with Gasteiger partial charge in [0.2, 0.25) is 0 Å². The summed E-state index contributed by atoms with van der Waals surface area (Å²) in [5, 5.41) is 12.2. The van der Waals surface area contributed by atoms with E-state index in [1.807, 2.05) is 25.4 Å². The number of aliphatic hydroxyl groups is 1. The number of aliphatic hydroxyl groups excluding tert-OH is 1. The fourth-order valence-corrected chi connectivity index (χ4v) is 1.51. The van der Waals surface area contributed by atoms with Crippen LogP contribution in [0.2, 0.25) is 0 Å². The van der Waals surface area contributed by atoms with Crippen LogP contribution in [0.5, 0.6) is 0 Å². The zero-order valence-electron chi connectivity index (χ0n) is 8.49. The molecule has 0 bridgehead atoms. The maximum Gasteiger partial charge on any atom is 0.0707 e. The fraction of sp³-hybridized carbons (Fsp3) is 0.600. The highest BCUT2D eigenvalue weighted by Crippen LogP contribution is 2.17. The highest BCUT2D eigenvalue weighted by molar-refractivity contribution is 5.13. The molecule has 3 nitrogen and oxygen atoms in total. The molecule has 0 amide bonds. The van der Waals surface area contributed by atoms with E-state index < -0.39 is 0 Å². The summed E-state index contributed by atoms with van der Waals surface area (Å²) >= 11 is 0. The van der Waals surface area contributed by atoms with Crippen LogP contribution in [0.15, 0.2) is 18.3 Å². The van der Waals surface area contributed by atoms with Crippen molar-refractivity contribution in [1.29, 1.82) is 0 Å². The third-order valence-corrected chi connectivity index (χ3v) is 2.26. The lowest BCUT2D eigenvalue weighted by molar-refractivity contribution is 0.244. The molecule has 0 radical (unpaired) electrons. The Morgan fingerprint density at radius 1 is 1.54 bits per heavy atom. The van der Waals surface area contributed by atoms with Crippen LogP contribution in [0.25, 0.3) is 0 Å². The normalized spacial score (nSPS) is 13.6. The summed E-state index contributed by atoms with van der Waals surface area (Å²) in [5.74, 6) is 0. The van der Waals surface area contributed by atoms with Gasteiger partial charge >= 0.3 is 0 Å². The zero-order chi connectivity index (χ0) is 9.84. The monoisotopic (exact) mass is 182 g/mol. The van der Waals surface area contributed by atoms with Crippen LogP contribution in [-0.2, 0) is 0 Å². The van der Waals surface area contributed by atoms with E-state index in [0.717, 1.165) is 5.69 Å². The van der Waals surface area contributed by atoms with E-state index in [4.69, 9.17) is 5.11 Å². The third kappa shape index (κ3) is 2.11. The third-order valence-electron chi connectivity index (χ3n) is 2.26. The molecule has 1 rings (SSSR count). The Bertz CT molecular complexity index is 251. The van der Waals surface area contributed by atoms with Crippen LogP contribution >= 0.6 is 0 Å². The van der Waals surface area contributed by atoms with Gasteiger partial charge in [-0.05, 0) is 33.0 Å². The first kappa shape index (κ1) is 10.3. The van der Waals surface area contributed by atoms with Gasteiger partial charge in [0, 0.05) is 17.9 Å². The molecular weight excluding hydrogens is 164 g/mol. The molecule has 1 aromatic heterocycles. The lowest BCUT2D eigenvalue weighted by atomic mass is 10.2. The van der Waals surface area contributed by atoms with Crippen molar-refractivity contribution in [3.05, 3.63) is 24.0 Å². The molecule has 3 heteroatoms. The summed E-state index contributed by atoms with van der Waals surface area (Å²) in [5.41, 5.74) is 1.14. The zero-order valence-corrected chi connectivity index (χ0v) is 8.49. The Morgan fingerprint density at radius 3 is 2.69 bits per heavy atom. The summed E-state index contributed by atoms with van der Waals surface area (Å²) in [6, 6.07) is 4.52. The fourth-order valence-electron chi connectivity index (χ4n) is 1.51. The molecule has 2 N–H and O–H groups in total. The number of nitrogens with zero attached hydrogens (tertiary/aromatic N) is 1. The standard InChI is InChI=1S/C10H18N2O/c1-8(2)12-6-4-5-10(12)9(7-13)11-3/h4-6,8-9,11,13H,7H2,1-3H3/t9-/m1/s1. The molecule has 0 aliphatic carbocycles. The lowest BCUT2D eigenvalue weighted by Gasteiger charge is -2.19. The van der Waals surface area contributed by atoms with E-state index in [9.17, 15) is 0 Å². The highest BCUT2D eigenvalue weighted by atomic mass is 16.3. The first-order valence-corrected chi connectivity index (χ1v) is 4.65. The summed E-state index contributed by atoms with van der Waals surface area (Å²) in [6.45, 7) is 4.40. The summed E-state index contributed by atoms with van der Waals surface area (Å²) in [4.78, 5) is 0. The topological polar surface area (TPSA) is 37.2 Å². The summed E-state index contributed by atoms with van der Waals surface area (Å²) in [7, 11) is 1.86. The van der Waals surface area contributed by atoms with Gasteiger partial charge in [0.15, 0.2) is 0 Å². The predicted molar refractivity (Wildman–Crippen MR) is 53.7 cm³/mol. The minimum absolute atomic E-state index is 0.0393. The van der Waals surface area contributed by atoms with E-state index in [-0.39, 0.29) is 12.6 Å². The number of nitrogens with one attached hydrogen (secondary N) is 1. The second-order valence-electron chi connectivity index (χ2n) is 3.46. The number of aromatic nitrogens is 1. The minimum Gasteiger partial charge on any atom is -0.394 e. The van der Waals surface area contributed by atoms with Crippen LogP contribution in [0, 0.1) is 0 Å². The quantitative estimate of drug-likeness (QED) is 0.737. The van der Waals surface area contributed by atoms with Crippen LogP contribution in [0.1, 0.15) is 31.6 Å². The SMILES string of the molecule is CN[C@H](CO)c1cccn1C(C)C. The first-order valence-electron chi connectivity index (χ1n) is 4.65. The molecule has 0 aromatic carbocycles. The van der Waals surface area contributed by atoms with E-state index in [1.54, 1.807) is 0 Å². The molecule has 1 aromatic rings. The molecule has 0 saturated heterocycles. The number of likely N-dealkylation sites (N-methyl/N-ethyl adjacent to an activating group) is 1. The van der Waals surface area contributed by atoms with Crippen molar-refractivity contribution >= 4 is 0 Å². The van der Waals surface area contributed by atoms with Crippen molar-refractivity contribution < 1.29 is 5.11 Å². The molecule has 74 valence electrons. The average molecular weight is 182 g/mol. The second-order valence-corrected chi connectivity index (χ2v) is 3.46. The Morgan fingerprint density at radius 2 is 2.23 bits per heavy atom. The first-order chi connectivity index (χ1) is 6.20. The summed E-state index contributed by atoms with van der Waals surface area (Å²) < 4.78 is 2.16. The van der Waals surface area contributed by atoms with Gasteiger partial charge in [-0.15, -0.1) is 0 Å². The molecule has 0 saturated carbocycles. The van der Waals surface area contributed by atoms with Gasteiger partial charge < -0.3 is 15.0 Å². The minimum atomic E-state index is 0.0393. The number of rotatable bonds is 4. The van der Waals surface area contributed by atoms with Crippen molar-refractivity contribution in [2.45, 2.75) is 25.9 Å². The van der Waals surface area contributed by atoms with Crippen molar-refractivity contribution in [2.75, 3.05) is 13.7 Å². The van der Waals surface area contributed by atoms with Gasteiger partial charge in [0.05, 0.1) is 12.6 Å². The average Bonchev–Trinajstić information content (AvgIpc) is 2.55. The van der Waals surface area contributed by atoms with E-state index >= 15 is 0 Å². The maximum absolute atomic E-state index is 9.13. The van der Waals surface area contributed by atoms with Gasteiger partial charge in [-0.2, -0.15) is 0 Å². The van der Waals surface area contributed by atoms with E-state index in [1.165, 1.54) is 0 Å². The van der Waals surface area contributed by atoms with Crippen molar-refractivity contribution in [3.63, 3.8) is 0 Å². The molecule has 0 spiro atoms. The van der Waals surface area contributed by atoms with Crippen molar-refractivity contribution in [1.82, 2.24) is 9.88 Å². The van der Waals surface area contributed by atoms with Gasteiger partial charge in [-0.3, -0.25) is 0 Å². The van der Waals surface area contributed by atoms with E-state index in [0.29, 0.717) is 6.04 Å². The Balaban J connectivity index is 2.91. The second kappa shape index (κ2) is 4.44. The molecule has 0 fully saturated rings. The predicted octanol–water partition coefficient (Wildman–Crippen LogP) is 1.32. The number of hydrogen-bond donors (Lipinski definition) is 2. The van der Waals surface area contributed by atoms with Crippen molar-refractivity contribution in [2.24, 2.45) is 0 Å². The van der Waals surface area contributed by atoms with Gasteiger partial charge in [-0.25, -0.2) is 0 Å². The Hall–Kier alpha value is -0.800. The van der Waals surface area contributed by atoms with Crippen LogP contribution in [0.3, 0.4) is 0 Å². The molecule has 1 heterocycles. The Labute approximate surface area is 79.4 Å². The van der Waals surface area contributed by atoms with Crippen molar-refractivity contribution in [3.8, 4) is 0 Å². The highest BCUT2D eigenvalue weighted by Gasteiger charge is 2.12. The number of hydrogen-bond acceptors (Lipinski definition) is 2. The van der Waals surface area contributed by atoms with Gasteiger partial charge in [0.1, 0.15) is 0 Å². The summed E-state index contributed by atoms with van der Waals surface area (Å²) in [6.07, 6.45) is 2.04. The van der Waals surface area contributed by atoms with Crippen LogP contribution in [-0.4, -0.2) is 23.3 Å². The molecule has 0 unspecified atom stereocenters. The van der Waals surface area contributed by atoms with Crippen LogP contribution in [0.4, 0.5) is 0 Å². The molecule has 0 aliphatic rings. The molecular formula is C10H18N2O. The smallest absolute Gasteiger partial charge is 0.0707 e. The molecule has 13 heavy (non-hydrogen) atoms. The van der Waals surface area contributed by atoms with Gasteiger partial charge in [0.25, 0.3) is 0 Å². The Kier molecular flexibility index (Phi) is 3.51.